The van der Waals surface area contributed by atoms with Gasteiger partial charge in [-0.05, 0) is 108 Å². The fourth-order valence-corrected chi connectivity index (χ4v) is 9.75. The topological polar surface area (TPSA) is 538 Å². The number of hydrogen-bond acceptors (Lipinski definition) is 25. The minimum absolute atomic E-state index is 0.0416. The van der Waals surface area contributed by atoms with Gasteiger partial charge < -0.3 is 33.9 Å². The SMILES string of the molecule is COc1cc(C=C2C(=O)NC(=O)NC2=O)cc(OC)c1OC.COc1cccc(C=C2C(=O)NC(=O)NC2=O)c1OC.O=C1NC(=O)C(=C/C=C/c2ccccc2)C(=O)N1.O=C1NC(=O)C(=CC2CC=CCC2)C(=O)N1.O=C1NC(=O)C(=Cc2ccc(O)c(O)c2)C(=O)N1.O=C1NC(=O)C(=Cc2ccccc2)C(=O)N1. The van der Waals surface area contributed by atoms with Crippen LogP contribution in [0.2, 0.25) is 0 Å². The Kier molecular flexibility index (Phi) is 28.7. The summed E-state index contributed by atoms with van der Waals surface area (Å²) in [7, 11) is 7.30. The zero-order chi connectivity index (χ0) is 80.3. The molecule has 7 aliphatic rings. The first-order valence-corrected chi connectivity index (χ1v) is 31.8. The third-order valence-corrected chi connectivity index (χ3v) is 14.9. The number of hydrogen-bond donors (Lipinski definition) is 14. The number of benzene rings is 5. The van der Waals surface area contributed by atoms with E-state index in [1.807, 2.05) is 95.6 Å². The van der Waals surface area contributed by atoms with Gasteiger partial charge in [-0.2, -0.15) is 0 Å². The number of carbonyl (C=O) groups is 18. The van der Waals surface area contributed by atoms with Crippen LogP contribution in [0.25, 0.3) is 30.4 Å². The minimum Gasteiger partial charge on any atom is -0.504 e. The van der Waals surface area contributed by atoms with Crippen molar-refractivity contribution >= 4 is 137 Å². The highest BCUT2D eigenvalue weighted by Crippen LogP contribution is 2.39. The second-order valence-electron chi connectivity index (χ2n) is 22.3. The first-order chi connectivity index (χ1) is 52.5. The van der Waals surface area contributed by atoms with Crippen LogP contribution in [-0.2, 0) is 57.5 Å². The second-order valence-corrected chi connectivity index (χ2v) is 22.3. The summed E-state index contributed by atoms with van der Waals surface area (Å²) in [6.07, 6.45) is 18.5. The Morgan fingerprint density at radius 1 is 0.327 bits per heavy atom. The number of phenols is 2. The number of amides is 24. The van der Waals surface area contributed by atoms with Gasteiger partial charge in [-0.15, -0.1) is 0 Å². The summed E-state index contributed by atoms with van der Waals surface area (Å²) in [5, 5.41) is 42.3. The van der Waals surface area contributed by atoms with Gasteiger partial charge >= 0.3 is 36.2 Å². The molecule has 0 radical (unpaired) electrons. The maximum absolute atomic E-state index is 11.7. The summed E-state index contributed by atoms with van der Waals surface area (Å²) in [6.45, 7) is 0. The van der Waals surface area contributed by atoms with Crippen LogP contribution in [0.5, 0.6) is 40.2 Å². The highest BCUT2D eigenvalue weighted by molar-refractivity contribution is 6.34. The van der Waals surface area contributed by atoms with Crippen molar-refractivity contribution in [3.8, 4) is 40.2 Å². The van der Waals surface area contributed by atoms with E-state index in [0.29, 0.717) is 45.4 Å². The lowest BCUT2D eigenvalue weighted by molar-refractivity contribution is -0.125. The highest BCUT2D eigenvalue weighted by Gasteiger charge is 2.33. The molecule has 6 fully saturated rings. The van der Waals surface area contributed by atoms with Crippen LogP contribution >= 0.6 is 0 Å². The number of ether oxygens (including phenoxy) is 5. The molecule has 1 atom stereocenters. The van der Waals surface area contributed by atoms with E-state index in [1.165, 1.54) is 84.1 Å². The van der Waals surface area contributed by atoms with E-state index in [-0.39, 0.29) is 50.9 Å². The minimum atomic E-state index is -0.879. The molecule has 1 unspecified atom stereocenters. The average molecular weight is 1510 g/mol. The fourth-order valence-electron chi connectivity index (χ4n) is 9.75. The number of allylic oxidation sites excluding steroid dienone is 5. The van der Waals surface area contributed by atoms with Gasteiger partial charge in [-0.25, -0.2) is 28.8 Å². The van der Waals surface area contributed by atoms with Gasteiger partial charge in [0.1, 0.15) is 33.4 Å². The molecule has 0 saturated carbocycles. The van der Waals surface area contributed by atoms with Gasteiger partial charge in [0.05, 0.1) is 35.5 Å². The predicted octanol–water partition coefficient (Wildman–Crippen LogP) is 2.83. The molecule has 12 rings (SSSR count). The van der Waals surface area contributed by atoms with E-state index in [1.54, 1.807) is 72.8 Å². The Balaban J connectivity index is 0.000000184. The number of rotatable bonds is 12. The molecule has 0 spiro atoms. The number of carbonyl (C=O) groups excluding carboxylic acids is 18. The lowest BCUT2D eigenvalue weighted by Crippen LogP contribution is -2.51. The molecule has 6 heterocycles. The number of para-hydroxylation sites is 1. The summed E-state index contributed by atoms with van der Waals surface area (Å²) < 4.78 is 25.9. The Morgan fingerprint density at radius 2 is 0.700 bits per heavy atom. The number of imide groups is 12. The number of aromatic hydroxyl groups is 2. The quantitative estimate of drug-likeness (QED) is 0.0369. The standard InChI is InChI=1S/C14H14N2O6.C13H12N2O5.C13H10N2O3.C11H8N2O5.C11H12N2O3.C11H8N2O3/c1-20-9-5-7(6-10(21-2)11(9)22-3)4-8-12(17)15-14(19)16-13(8)18;1-19-9-5-3-4-7(10(9)20-2)6-8-11(16)14-13(18)15-12(8)17;16-11-10(12(17)15-13(18)14-11)8-4-7-9-5-2-1-3-6-9;14-7-2-1-5(4-8(7)15)3-6-9(16)12-11(18)13-10(6)17;2*14-9-8(10(15)13-11(16)12-9)6-7-4-2-1-3-5-7/h4-6H,1-3H3,(H2,15,16,17,18,19);3-6H,1-2H3,(H2,14,15,16,17,18);1-8H,(H2,14,15,16,17,18);1-4,14-15H,(H2,12,13,16,17,18);1-2,6-7H,3-5H2,(H2,12,13,14,15,16);1-6H,(H2,12,13,14,15,16)/b;;7-4+;;;. The summed E-state index contributed by atoms with van der Waals surface area (Å²) in [5.74, 6) is -7.18. The van der Waals surface area contributed by atoms with Crippen molar-refractivity contribution in [1.29, 1.82) is 0 Å². The maximum atomic E-state index is 11.7. The predicted molar refractivity (Wildman–Crippen MR) is 382 cm³/mol. The molecule has 0 bridgehead atoms. The Labute approximate surface area is 620 Å². The zero-order valence-electron chi connectivity index (χ0n) is 58.1. The third kappa shape index (κ3) is 22.9. The van der Waals surface area contributed by atoms with Crippen LogP contribution in [0.3, 0.4) is 0 Å². The molecule has 1 aliphatic carbocycles. The van der Waals surface area contributed by atoms with E-state index >= 15 is 0 Å². The molecule has 24 amide bonds. The van der Waals surface area contributed by atoms with Gasteiger partial charge in [0.2, 0.25) is 5.75 Å². The molecule has 0 aromatic heterocycles. The van der Waals surface area contributed by atoms with Crippen molar-refractivity contribution in [2.24, 2.45) is 5.92 Å². The van der Waals surface area contributed by atoms with Crippen molar-refractivity contribution in [1.82, 2.24) is 63.8 Å². The van der Waals surface area contributed by atoms with Gasteiger partial charge in [-0.1, -0.05) is 109 Å². The van der Waals surface area contributed by atoms with Crippen molar-refractivity contribution in [2.75, 3.05) is 35.5 Å². The molecular weight excluding hydrogens is 1440 g/mol. The van der Waals surface area contributed by atoms with Crippen molar-refractivity contribution in [2.45, 2.75) is 19.3 Å². The Morgan fingerprint density at radius 3 is 1.08 bits per heavy atom. The first-order valence-electron chi connectivity index (χ1n) is 31.8. The number of methoxy groups -OCH3 is 5. The maximum Gasteiger partial charge on any atom is 0.328 e. The molecule has 6 saturated heterocycles. The van der Waals surface area contributed by atoms with Crippen LogP contribution < -0.4 is 87.5 Å². The molecule has 14 N–H and O–H groups in total. The largest absolute Gasteiger partial charge is 0.504 e. The van der Waals surface area contributed by atoms with E-state index in [0.717, 1.165) is 30.4 Å². The lowest BCUT2D eigenvalue weighted by atomic mass is 9.92. The van der Waals surface area contributed by atoms with Crippen molar-refractivity contribution in [3.63, 3.8) is 0 Å². The van der Waals surface area contributed by atoms with Gasteiger partial charge in [0, 0.05) is 5.56 Å². The lowest BCUT2D eigenvalue weighted by Gasteiger charge is -2.18. The van der Waals surface area contributed by atoms with Crippen LogP contribution in [0.4, 0.5) is 28.8 Å². The fraction of sp³-hybridized carbons (Fsp3) is 0.123. The average Bonchev–Trinajstić information content (AvgIpc) is 0.829. The van der Waals surface area contributed by atoms with Crippen molar-refractivity contribution in [3.05, 3.63) is 201 Å². The van der Waals surface area contributed by atoms with Crippen molar-refractivity contribution < 1.29 is 120 Å². The van der Waals surface area contributed by atoms with Gasteiger partial charge in [-0.3, -0.25) is 121 Å². The number of phenolic OH excluding ortho intramolecular Hbond substituents is 2. The van der Waals surface area contributed by atoms with Crippen LogP contribution in [0.15, 0.2) is 173 Å². The third-order valence-electron chi connectivity index (χ3n) is 14.9. The van der Waals surface area contributed by atoms with Crippen LogP contribution in [-0.4, -0.2) is 153 Å². The molecule has 37 nitrogen and oxygen atoms in total. The molecular formula is C73H64N12O25. The van der Waals surface area contributed by atoms with E-state index in [2.05, 4.69) is 16.7 Å². The Hall–Kier alpha value is -15.7. The van der Waals surface area contributed by atoms with Crippen LogP contribution in [0, 0.1) is 5.92 Å². The molecule has 37 heteroatoms. The number of nitrogens with one attached hydrogen (secondary N) is 12. The number of barbiturate groups is 6. The van der Waals surface area contributed by atoms with Crippen LogP contribution in [0.1, 0.15) is 47.1 Å². The normalized spacial score (nSPS) is 16.4. The summed E-state index contributed by atoms with van der Waals surface area (Å²) >= 11 is 0. The second kappa shape index (κ2) is 38.7. The first kappa shape index (κ1) is 81.6. The molecule has 6 aliphatic heterocycles. The smallest absolute Gasteiger partial charge is 0.328 e. The molecule has 566 valence electrons. The summed E-state index contributed by atoms with van der Waals surface area (Å²) in [4.78, 5) is 203. The Bertz CT molecular complexity index is 4760. The van der Waals surface area contributed by atoms with E-state index in [4.69, 9.17) is 28.8 Å². The van der Waals surface area contributed by atoms with E-state index in [9.17, 15) is 91.4 Å². The highest BCUT2D eigenvalue weighted by atomic mass is 16.5. The monoisotopic (exact) mass is 1510 g/mol. The number of urea groups is 6. The zero-order valence-corrected chi connectivity index (χ0v) is 58.1. The molecule has 5 aromatic carbocycles. The van der Waals surface area contributed by atoms with Gasteiger partial charge in [0.25, 0.3) is 70.9 Å². The molecule has 5 aromatic rings. The molecule has 110 heavy (non-hydrogen) atoms. The summed E-state index contributed by atoms with van der Waals surface area (Å²) in [6, 6.07) is 25.4. The van der Waals surface area contributed by atoms with E-state index < -0.39 is 107 Å². The van der Waals surface area contributed by atoms with Gasteiger partial charge in [0.15, 0.2) is 34.5 Å². The summed E-state index contributed by atoms with van der Waals surface area (Å²) in [5.41, 5.74) is 2.18.